The predicted octanol–water partition coefficient (Wildman–Crippen LogP) is 5.67. The van der Waals surface area contributed by atoms with E-state index in [2.05, 4.69) is 41.1 Å². The van der Waals surface area contributed by atoms with Crippen molar-refractivity contribution in [2.45, 2.75) is 29.5 Å². The fourth-order valence-corrected chi connectivity index (χ4v) is 3.95. The largest absolute Gasteiger partial charge is 0.326 e. The van der Waals surface area contributed by atoms with E-state index in [4.69, 9.17) is 17.3 Å². The van der Waals surface area contributed by atoms with E-state index < -0.39 is 0 Å². The Bertz CT molecular complexity index is 576. The lowest BCUT2D eigenvalue weighted by molar-refractivity contribution is 0.634. The number of thioether (sulfide) groups is 1. The Labute approximate surface area is 138 Å². The van der Waals surface area contributed by atoms with Gasteiger partial charge in [0.2, 0.25) is 0 Å². The molecule has 106 valence electrons. The summed E-state index contributed by atoms with van der Waals surface area (Å²) in [5.74, 6) is 0. The van der Waals surface area contributed by atoms with Crippen LogP contribution in [-0.4, -0.2) is 6.04 Å². The van der Waals surface area contributed by atoms with Crippen LogP contribution >= 0.6 is 39.3 Å². The lowest BCUT2D eigenvalue weighted by atomic mass is 10.0. The lowest BCUT2D eigenvalue weighted by Gasteiger charge is -2.23. The number of rotatable bonds is 5. The summed E-state index contributed by atoms with van der Waals surface area (Å²) < 4.78 is 1.08. The molecule has 0 aliphatic heterocycles. The van der Waals surface area contributed by atoms with Crippen LogP contribution in [0.15, 0.2) is 57.9 Å². The molecule has 2 N–H and O–H groups in total. The highest BCUT2D eigenvalue weighted by molar-refractivity contribution is 9.10. The Hall–Kier alpha value is -0.480. The summed E-state index contributed by atoms with van der Waals surface area (Å²) in [6.07, 6.45) is 0.935. The molecule has 0 fully saturated rings. The summed E-state index contributed by atoms with van der Waals surface area (Å²) in [6, 6.07) is 16.4. The quantitative estimate of drug-likeness (QED) is 0.686. The van der Waals surface area contributed by atoms with Gasteiger partial charge < -0.3 is 5.73 Å². The van der Waals surface area contributed by atoms with Crippen molar-refractivity contribution in [3.63, 3.8) is 0 Å². The van der Waals surface area contributed by atoms with Crippen molar-refractivity contribution in [3.8, 4) is 0 Å². The first kappa shape index (κ1) is 15.9. The van der Waals surface area contributed by atoms with E-state index in [0.29, 0.717) is 0 Å². The zero-order valence-corrected chi connectivity index (χ0v) is 14.4. The molecule has 2 unspecified atom stereocenters. The Balaban J connectivity index is 2.29. The molecule has 2 atom stereocenters. The van der Waals surface area contributed by atoms with Crippen molar-refractivity contribution >= 4 is 39.3 Å². The summed E-state index contributed by atoms with van der Waals surface area (Å²) in [5, 5.41) is 0.976. The number of hydrogen-bond donors (Lipinski definition) is 1. The molecule has 0 saturated carbocycles. The Morgan fingerprint density at radius 3 is 2.60 bits per heavy atom. The predicted molar refractivity (Wildman–Crippen MR) is 92.5 cm³/mol. The molecule has 0 radical (unpaired) electrons. The van der Waals surface area contributed by atoms with Crippen LogP contribution in [0.1, 0.15) is 24.2 Å². The van der Waals surface area contributed by atoms with E-state index in [1.54, 1.807) is 11.8 Å². The topological polar surface area (TPSA) is 26.0 Å². The number of nitrogens with two attached hydrogens (primary N) is 1. The second-order valence-electron chi connectivity index (χ2n) is 4.62. The molecule has 0 aliphatic carbocycles. The third kappa shape index (κ3) is 4.26. The van der Waals surface area contributed by atoms with E-state index >= 15 is 0 Å². The maximum Gasteiger partial charge on any atom is 0.0495 e. The van der Waals surface area contributed by atoms with Crippen molar-refractivity contribution in [1.29, 1.82) is 0 Å². The first-order chi connectivity index (χ1) is 9.60. The number of benzene rings is 2. The van der Waals surface area contributed by atoms with Crippen LogP contribution in [-0.2, 0) is 0 Å². The molecule has 0 amide bonds. The summed E-state index contributed by atoms with van der Waals surface area (Å²) in [6.45, 7) is 2.12. The summed E-state index contributed by atoms with van der Waals surface area (Å²) >= 11 is 11.4. The standard InChI is InChI=1S/C16H17BrClNS/c1-2-15(19)16(11-5-3-6-12(17)9-11)20-14-8-4-7-13(18)10-14/h3-10,15-16H,2,19H2,1H3. The third-order valence-corrected chi connectivity index (χ3v) is 5.23. The van der Waals surface area contributed by atoms with Crippen molar-refractivity contribution in [1.82, 2.24) is 0 Å². The van der Waals surface area contributed by atoms with Crippen molar-refractivity contribution in [2.24, 2.45) is 5.73 Å². The van der Waals surface area contributed by atoms with Gasteiger partial charge in [0.15, 0.2) is 0 Å². The van der Waals surface area contributed by atoms with Gasteiger partial charge >= 0.3 is 0 Å². The van der Waals surface area contributed by atoms with E-state index in [1.165, 1.54) is 5.56 Å². The van der Waals surface area contributed by atoms with Gasteiger partial charge in [-0.2, -0.15) is 0 Å². The van der Waals surface area contributed by atoms with Gasteiger partial charge in [-0.3, -0.25) is 0 Å². The average molecular weight is 371 g/mol. The molecule has 2 aromatic rings. The zero-order chi connectivity index (χ0) is 14.5. The van der Waals surface area contributed by atoms with Crippen molar-refractivity contribution in [2.75, 3.05) is 0 Å². The molecule has 4 heteroatoms. The molecule has 1 nitrogen and oxygen atoms in total. The minimum atomic E-state index is 0.105. The fourth-order valence-electron chi connectivity index (χ4n) is 1.99. The molecule has 0 spiro atoms. The van der Waals surface area contributed by atoms with Gasteiger partial charge in [0.25, 0.3) is 0 Å². The van der Waals surface area contributed by atoms with Gasteiger partial charge in [0, 0.05) is 25.7 Å². The molecule has 0 bridgehead atoms. The van der Waals surface area contributed by atoms with E-state index in [-0.39, 0.29) is 11.3 Å². The normalized spacial score (nSPS) is 14.0. The number of hydrogen-bond acceptors (Lipinski definition) is 2. The molecule has 0 aliphatic rings. The minimum absolute atomic E-state index is 0.105. The summed E-state index contributed by atoms with van der Waals surface area (Å²) in [4.78, 5) is 1.14. The van der Waals surface area contributed by atoms with Crippen molar-refractivity contribution in [3.05, 3.63) is 63.6 Å². The van der Waals surface area contributed by atoms with Crippen molar-refractivity contribution < 1.29 is 0 Å². The maximum absolute atomic E-state index is 6.32. The first-order valence-corrected chi connectivity index (χ1v) is 8.58. The van der Waals surface area contributed by atoms with Gasteiger partial charge in [-0.05, 0) is 42.3 Å². The maximum atomic E-state index is 6.32. The summed E-state index contributed by atoms with van der Waals surface area (Å²) in [7, 11) is 0. The van der Waals surface area contributed by atoms with Gasteiger partial charge in [-0.15, -0.1) is 11.8 Å². The van der Waals surface area contributed by atoms with Crippen LogP contribution < -0.4 is 5.73 Å². The van der Waals surface area contributed by atoms with Gasteiger partial charge in [0.1, 0.15) is 0 Å². The van der Waals surface area contributed by atoms with E-state index in [0.717, 1.165) is 20.8 Å². The Morgan fingerprint density at radius 2 is 1.95 bits per heavy atom. The SMILES string of the molecule is CCC(N)C(Sc1cccc(Cl)c1)c1cccc(Br)c1. The van der Waals surface area contributed by atoms with Crippen LogP contribution in [0.2, 0.25) is 5.02 Å². The molecule has 0 saturated heterocycles. The third-order valence-electron chi connectivity index (χ3n) is 3.10. The van der Waals surface area contributed by atoms with Gasteiger partial charge in [-0.25, -0.2) is 0 Å². The number of halogens is 2. The molecule has 2 rings (SSSR count). The lowest BCUT2D eigenvalue weighted by Crippen LogP contribution is -2.25. The van der Waals surface area contributed by atoms with Crippen LogP contribution in [0.4, 0.5) is 0 Å². The first-order valence-electron chi connectivity index (χ1n) is 6.53. The highest BCUT2D eigenvalue weighted by Gasteiger charge is 2.20. The van der Waals surface area contributed by atoms with Crippen LogP contribution in [0.3, 0.4) is 0 Å². The molecule has 2 aromatic carbocycles. The molecule has 0 aromatic heterocycles. The average Bonchev–Trinajstić information content (AvgIpc) is 2.44. The Morgan fingerprint density at radius 1 is 1.20 bits per heavy atom. The zero-order valence-electron chi connectivity index (χ0n) is 11.2. The molecular formula is C16H17BrClNS. The van der Waals surface area contributed by atoms with E-state index in [1.807, 2.05) is 30.3 Å². The van der Waals surface area contributed by atoms with Gasteiger partial charge in [-0.1, -0.05) is 52.7 Å². The smallest absolute Gasteiger partial charge is 0.0495 e. The summed E-state index contributed by atoms with van der Waals surface area (Å²) in [5.41, 5.74) is 7.55. The van der Waals surface area contributed by atoms with Crippen LogP contribution in [0.25, 0.3) is 0 Å². The molecule has 0 heterocycles. The Kier molecular flexibility index (Phi) is 5.97. The monoisotopic (exact) mass is 369 g/mol. The molecule has 20 heavy (non-hydrogen) atoms. The second-order valence-corrected chi connectivity index (χ2v) is 7.19. The highest BCUT2D eigenvalue weighted by Crippen LogP contribution is 2.39. The van der Waals surface area contributed by atoms with Gasteiger partial charge in [0.05, 0.1) is 0 Å². The molecular weight excluding hydrogens is 354 g/mol. The van der Waals surface area contributed by atoms with Crippen LogP contribution in [0.5, 0.6) is 0 Å². The fraction of sp³-hybridized carbons (Fsp3) is 0.250. The van der Waals surface area contributed by atoms with Crippen LogP contribution in [0, 0.1) is 0 Å². The minimum Gasteiger partial charge on any atom is -0.326 e. The highest BCUT2D eigenvalue weighted by atomic mass is 79.9. The van der Waals surface area contributed by atoms with E-state index in [9.17, 15) is 0 Å². The second kappa shape index (κ2) is 7.51.